The molecule has 3 saturated carbocycles. The van der Waals surface area contributed by atoms with Gasteiger partial charge in [-0.25, -0.2) is 4.79 Å². The van der Waals surface area contributed by atoms with Gasteiger partial charge in [-0.05, 0) is 42.9 Å². The maximum absolute atomic E-state index is 13.1. The van der Waals surface area contributed by atoms with Crippen molar-refractivity contribution in [2.75, 3.05) is 6.61 Å². The minimum Gasteiger partial charge on any atom is -0.460 e. The van der Waals surface area contributed by atoms with Crippen LogP contribution in [0.2, 0.25) is 0 Å². The van der Waals surface area contributed by atoms with Gasteiger partial charge in [-0.2, -0.15) is 0 Å². The highest BCUT2D eigenvalue weighted by Gasteiger charge is 2.68. The molecule has 27 heavy (non-hydrogen) atoms. The maximum atomic E-state index is 13.1. The molecule has 3 aliphatic carbocycles. The molecule has 0 aliphatic heterocycles. The van der Waals surface area contributed by atoms with Gasteiger partial charge in [0.1, 0.15) is 18.5 Å². The molecule has 2 N–H and O–H groups in total. The van der Waals surface area contributed by atoms with Gasteiger partial charge in [-0.15, -0.1) is 6.58 Å². The number of rotatable bonds is 3. The van der Waals surface area contributed by atoms with Crippen molar-refractivity contribution in [1.82, 2.24) is 0 Å². The highest BCUT2D eigenvalue weighted by atomic mass is 16.6. The number of ketones is 1. The van der Waals surface area contributed by atoms with Crippen molar-refractivity contribution in [3.05, 3.63) is 12.7 Å². The number of carbonyl (C=O) groups excluding carboxylic acids is 2. The Morgan fingerprint density at radius 3 is 2.59 bits per heavy atom. The van der Waals surface area contributed by atoms with E-state index in [2.05, 4.69) is 27.4 Å². The molecule has 0 spiro atoms. The van der Waals surface area contributed by atoms with Gasteiger partial charge in [0.25, 0.3) is 0 Å². The number of hydrogen-bond donors (Lipinski definition) is 2. The predicted octanol–water partition coefficient (Wildman–Crippen LogP) is 2.89. The molecule has 0 aromatic carbocycles. The predicted molar refractivity (Wildman–Crippen MR) is 102 cm³/mol. The first-order valence-electron chi connectivity index (χ1n) is 10.2. The van der Waals surface area contributed by atoms with Crippen LogP contribution < -0.4 is 0 Å². The van der Waals surface area contributed by atoms with Crippen LogP contribution in [0.5, 0.6) is 0 Å². The Balaban J connectivity index is 2.20. The Bertz CT molecular complexity index is 645. The molecule has 5 heteroatoms. The van der Waals surface area contributed by atoms with Gasteiger partial charge < -0.3 is 14.9 Å². The quantitative estimate of drug-likeness (QED) is 0.583. The second-order valence-electron chi connectivity index (χ2n) is 9.74. The van der Waals surface area contributed by atoms with Crippen LogP contribution in [0.15, 0.2) is 12.7 Å². The number of ether oxygens (including phenoxy) is 1. The SMILES string of the molecule is C=CC1(C)CC(OC(=O)CO)C2(C)CCC(C)C3(CCC(=O)C23)C(C)C1O. The van der Waals surface area contributed by atoms with Crippen molar-refractivity contribution in [2.24, 2.45) is 34.0 Å². The Morgan fingerprint density at radius 2 is 2.00 bits per heavy atom. The Kier molecular flexibility index (Phi) is 5.09. The van der Waals surface area contributed by atoms with E-state index < -0.39 is 35.6 Å². The van der Waals surface area contributed by atoms with Crippen molar-refractivity contribution in [2.45, 2.75) is 72.0 Å². The maximum Gasteiger partial charge on any atom is 0.332 e. The Morgan fingerprint density at radius 1 is 1.33 bits per heavy atom. The van der Waals surface area contributed by atoms with Crippen LogP contribution in [-0.2, 0) is 14.3 Å². The topological polar surface area (TPSA) is 83.8 Å². The second kappa shape index (κ2) is 6.70. The summed E-state index contributed by atoms with van der Waals surface area (Å²) in [5, 5.41) is 20.6. The van der Waals surface area contributed by atoms with Gasteiger partial charge in [0.2, 0.25) is 0 Å². The van der Waals surface area contributed by atoms with Crippen LogP contribution in [0.25, 0.3) is 0 Å². The molecule has 3 rings (SSSR count). The summed E-state index contributed by atoms with van der Waals surface area (Å²) in [4.78, 5) is 25.1. The number of aliphatic hydroxyl groups excluding tert-OH is 2. The fourth-order valence-corrected chi connectivity index (χ4v) is 6.86. The van der Waals surface area contributed by atoms with Crippen molar-refractivity contribution in [1.29, 1.82) is 0 Å². The van der Waals surface area contributed by atoms with Gasteiger partial charge >= 0.3 is 5.97 Å². The van der Waals surface area contributed by atoms with Gasteiger partial charge in [-0.1, -0.05) is 33.8 Å². The van der Waals surface area contributed by atoms with Gasteiger partial charge in [-0.3, -0.25) is 4.79 Å². The lowest BCUT2D eigenvalue weighted by Gasteiger charge is -2.62. The van der Waals surface area contributed by atoms with Crippen molar-refractivity contribution < 1.29 is 24.5 Å². The zero-order valence-corrected chi connectivity index (χ0v) is 17.0. The lowest BCUT2D eigenvalue weighted by molar-refractivity contribution is -0.206. The third kappa shape index (κ3) is 2.72. The average molecular weight is 379 g/mol. The number of carbonyl (C=O) groups is 2. The van der Waals surface area contributed by atoms with Gasteiger partial charge in [0.05, 0.1) is 6.10 Å². The minimum atomic E-state index is -0.684. The first-order valence-corrected chi connectivity index (χ1v) is 10.2. The van der Waals surface area contributed by atoms with Crippen LogP contribution >= 0.6 is 0 Å². The number of aliphatic hydroxyl groups is 2. The van der Waals surface area contributed by atoms with E-state index in [0.717, 1.165) is 19.3 Å². The molecule has 0 aromatic heterocycles. The zero-order valence-electron chi connectivity index (χ0n) is 17.0. The molecule has 3 aliphatic rings. The van der Waals surface area contributed by atoms with E-state index >= 15 is 0 Å². The van der Waals surface area contributed by atoms with Crippen LogP contribution in [0.3, 0.4) is 0 Å². The van der Waals surface area contributed by atoms with Gasteiger partial charge in [0, 0.05) is 23.2 Å². The molecule has 0 saturated heterocycles. The number of Topliss-reactive ketones (excluding diaryl/α,β-unsaturated/α-hetero) is 1. The highest BCUT2D eigenvalue weighted by molar-refractivity contribution is 5.85. The van der Waals surface area contributed by atoms with Crippen LogP contribution in [0.1, 0.15) is 59.8 Å². The van der Waals surface area contributed by atoms with Crippen LogP contribution in [0.4, 0.5) is 0 Å². The molecule has 2 bridgehead atoms. The average Bonchev–Trinajstić information content (AvgIpc) is 3.02. The van der Waals surface area contributed by atoms with E-state index in [-0.39, 0.29) is 23.0 Å². The minimum absolute atomic E-state index is 0.0546. The third-order valence-electron chi connectivity index (χ3n) is 8.58. The van der Waals surface area contributed by atoms with Crippen molar-refractivity contribution in [3.8, 4) is 0 Å². The lowest BCUT2D eigenvalue weighted by atomic mass is 9.43. The van der Waals surface area contributed by atoms with E-state index in [1.54, 1.807) is 6.08 Å². The molecule has 152 valence electrons. The summed E-state index contributed by atoms with van der Waals surface area (Å²) in [5.41, 5.74) is -1.43. The molecular formula is C22H34O5. The molecule has 8 atom stereocenters. The number of esters is 1. The summed E-state index contributed by atoms with van der Waals surface area (Å²) in [6.07, 6.45) is 3.99. The summed E-state index contributed by atoms with van der Waals surface area (Å²) in [5.74, 6) is -0.417. The molecule has 5 nitrogen and oxygen atoms in total. The summed E-state index contributed by atoms with van der Waals surface area (Å²) >= 11 is 0. The van der Waals surface area contributed by atoms with Gasteiger partial charge in [0.15, 0.2) is 0 Å². The van der Waals surface area contributed by atoms with E-state index in [9.17, 15) is 19.8 Å². The normalized spacial score (nSPS) is 49.7. The molecule has 0 amide bonds. The molecule has 0 aromatic rings. The smallest absolute Gasteiger partial charge is 0.332 e. The fourth-order valence-electron chi connectivity index (χ4n) is 6.86. The van der Waals surface area contributed by atoms with Crippen molar-refractivity contribution >= 4 is 11.8 Å². The zero-order chi connectivity index (χ0) is 20.2. The molecule has 8 unspecified atom stereocenters. The second-order valence-corrected chi connectivity index (χ2v) is 9.74. The van der Waals surface area contributed by atoms with E-state index in [1.165, 1.54) is 0 Å². The molecule has 3 fully saturated rings. The number of hydrogen-bond acceptors (Lipinski definition) is 5. The lowest BCUT2D eigenvalue weighted by Crippen LogP contribution is -2.63. The molecule has 0 radical (unpaired) electrons. The standard InChI is InChI=1S/C22H34O5/c1-6-20(4)11-16(27-17(25)12-23)21(5)9-7-13(2)22(14(3)19(20)26)10-8-15(24)18(21)22/h6,13-14,16,18-19,23,26H,1,7-12H2,2-5H3. The summed E-state index contributed by atoms with van der Waals surface area (Å²) in [6.45, 7) is 11.6. The molecular weight excluding hydrogens is 344 g/mol. The van der Waals surface area contributed by atoms with Crippen molar-refractivity contribution in [3.63, 3.8) is 0 Å². The first-order chi connectivity index (χ1) is 12.6. The largest absolute Gasteiger partial charge is 0.460 e. The summed E-state index contributed by atoms with van der Waals surface area (Å²) < 4.78 is 5.73. The molecule has 0 heterocycles. The Hall–Kier alpha value is -1.20. The highest BCUT2D eigenvalue weighted by Crippen LogP contribution is 2.68. The monoisotopic (exact) mass is 378 g/mol. The summed E-state index contributed by atoms with van der Waals surface area (Å²) in [7, 11) is 0. The first kappa shape index (κ1) is 20.5. The summed E-state index contributed by atoms with van der Waals surface area (Å²) in [6, 6.07) is 0. The third-order valence-corrected chi connectivity index (χ3v) is 8.58. The fraction of sp³-hybridized carbons (Fsp3) is 0.818. The van der Waals surface area contributed by atoms with E-state index in [1.807, 2.05) is 6.92 Å². The van der Waals surface area contributed by atoms with Crippen LogP contribution in [0, 0.1) is 34.0 Å². The van der Waals surface area contributed by atoms with E-state index in [0.29, 0.717) is 18.8 Å². The van der Waals surface area contributed by atoms with E-state index in [4.69, 9.17) is 4.74 Å². The Labute approximate surface area is 162 Å². The van der Waals surface area contributed by atoms with Crippen LogP contribution in [-0.4, -0.2) is 40.8 Å².